The number of nitrogens with zero attached hydrogens (tertiary/aromatic N) is 4. The highest BCUT2D eigenvalue weighted by Crippen LogP contribution is 2.56. The largest absolute Gasteiger partial charge is 0.416 e. The van der Waals surface area contributed by atoms with Crippen LogP contribution in [-0.4, -0.2) is 70.9 Å². The molecule has 0 radical (unpaired) electrons. The van der Waals surface area contributed by atoms with Crippen LogP contribution >= 0.6 is 0 Å². The van der Waals surface area contributed by atoms with E-state index in [-0.39, 0.29) is 21.8 Å². The van der Waals surface area contributed by atoms with Crippen LogP contribution in [0.1, 0.15) is 80.4 Å². The number of urea groups is 1. The molecule has 1 aromatic heterocycles. The lowest BCUT2D eigenvalue weighted by molar-refractivity contribution is -0.137. The second-order valence-electron chi connectivity index (χ2n) is 12.7. The summed E-state index contributed by atoms with van der Waals surface area (Å²) in [7, 11) is -3.85. The summed E-state index contributed by atoms with van der Waals surface area (Å²) in [5.74, 6) is 2.88. The van der Waals surface area contributed by atoms with E-state index in [0.717, 1.165) is 55.8 Å². The lowest BCUT2D eigenvalue weighted by Crippen LogP contribution is -2.69. The number of aromatic amines is 1. The summed E-state index contributed by atoms with van der Waals surface area (Å²) >= 11 is 0. The van der Waals surface area contributed by atoms with E-state index in [1.165, 1.54) is 18.9 Å². The average molecular weight is 564 g/mol. The van der Waals surface area contributed by atoms with Gasteiger partial charge >= 0.3 is 12.2 Å². The molecule has 2 amide bonds. The third-order valence-electron chi connectivity index (χ3n) is 9.78. The Kier molecular flexibility index (Phi) is 5.48. The number of likely N-dealkylation sites (tertiary alicyclic amines) is 2. The highest BCUT2D eigenvalue weighted by Gasteiger charge is 2.57. The monoisotopic (exact) mass is 563 g/mol. The molecule has 3 heterocycles. The van der Waals surface area contributed by atoms with E-state index < -0.39 is 26.8 Å². The maximum Gasteiger partial charge on any atom is 0.416 e. The number of hydrogen-bond acceptors (Lipinski definition) is 5. The van der Waals surface area contributed by atoms with Crippen LogP contribution in [0, 0.1) is 10.8 Å². The molecule has 2 aromatic rings. The van der Waals surface area contributed by atoms with E-state index in [4.69, 9.17) is 0 Å². The van der Waals surface area contributed by atoms with Crippen molar-refractivity contribution in [3.8, 4) is 0 Å². The Morgan fingerprint density at radius 2 is 1.59 bits per heavy atom. The number of aromatic nitrogens is 3. The lowest BCUT2D eigenvalue weighted by atomic mass is 9.57. The van der Waals surface area contributed by atoms with Gasteiger partial charge in [0.15, 0.2) is 15.7 Å². The zero-order chi connectivity index (χ0) is 27.2. The predicted octanol–water partition coefficient (Wildman–Crippen LogP) is 4.72. The molecule has 1 aromatic carbocycles. The number of carbonyl (C=O) groups excluding carboxylic acids is 1. The van der Waals surface area contributed by atoms with Gasteiger partial charge in [0.25, 0.3) is 0 Å². The molecule has 0 unspecified atom stereocenters. The summed E-state index contributed by atoms with van der Waals surface area (Å²) in [6.45, 7) is 2.78. The number of halogens is 3. The standard InChI is InChI=1S/C27H32F3N5O3S/c28-27(29,30)19-2-1-3-21(10-19)39(37,38)20-6-8-25(9-7-20)13-34(14-25)24(36)35-15-26(16-35)11-18(12-26)23-31-22(32-33-23)17-4-5-17/h1-3,10,17-18,20H,4-9,11-16H2,(H,31,32,33). The summed E-state index contributed by atoms with van der Waals surface area (Å²) in [5, 5.41) is 6.79. The number of carbonyl (C=O) groups is 1. The van der Waals surface area contributed by atoms with Crippen molar-refractivity contribution in [2.45, 2.75) is 79.5 Å². The molecule has 2 saturated heterocycles. The molecular weight excluding hydrogens is 531 g/mol. The van der Waals surface area contributed by atoms with Gasteiger partial charge in [0.1, 0.15) is 5.82 Å². The van der Waals surface area contributed by atoms with Gasteiger partial charge in [0.2, 0.25) is 0 Å². The zero-order valence-electron chi connectivity index (χ0n) is 21.6. The zero-order valence-corrected chi connectivity index (χ0v) is 22.4. The van der Waals surface area contributed by atoms with Gasteiger partial charge in [0, 0.05) is 48.8 Å². The highest BCUT2D eigenvalue weighted by atomic mass is 32.2. The predicted molar refractivity (Wildman–Crippen MR) is 135 cm³/mol. The minimum atomic E-state index is -4.59. The maximum atomic E-state index is 13.1. The number of nitrogens with one attached hydrogen (secondary N) is 1. The lowest BCUT2D eigenvalue weighted by Gasteiger charge is -2.61. The quantitative estimate of drug-likeness (QED) is 0.581. The fourth-order valence-electron chi connectivity index (χ4n) is 7.30. The first-order valence-corrected chi connectivity index (χ1v) is 15.4. The van der Waals surface area contributed by atoms with Gasteiger partial charge in [-0.2, -0.15) is 18.3 Å². The van der Waals surface area contributed by atoms with Crippen LogP contribution in [0.15, 0.2) is 29.2 Å². The Bertz CT molecular complexity index is 1390. The van der Waals surface area contributed by atoms with Gasteiger partial charge in [-0.15, -0.1) is 0 Å². The van der Waals surface area contributed by atoms with Crippen LogP contribution in [0.2, 0.25) is 0 Å². The van der Waals surface area contributed by atoms with E-state index in [2.05, 4.69) is 15.2 Å². The van der Waals surface area contributed by atoms with Gasteiger partial charge in [0.05, 0.1) is 15.7 Å². The molecule has 8 nitrogen and oxygen atoms in total. The molecule has 7 rings (SSSR count). The Balaban J connectivity index is 0.886. The van der Waals surface area contributed by atoms with Gasteiger partial charge in [-0.3, -0.25) is 5.10 Å². The van der Waals surface area contributed by atoms with Gasteiger partial charge < -0.3 is 9.80 Å². The van der Waals surface area contributed by atoms with Crippen molar-refractivity contribution in [1.82, 2.24) is 25.0 Å². The molecule has 3 saturated carbocycles. The van der Waals surface area contributed by atoms with E-state index in [9.17, 15) is 26.4 Å². The van der Waals surface area contributed by atoms with E-state index in [1.807, 2.05) is 9.80 Å². The van der Waals surface area contributed by atoms with E-state index in [0.29, 0.717) is 50.6 Å². The van der Waals surface area contributed by atoms with Crippen molar-refractivity contribution in [3.05, 3.63) is 41.5 Å². The second kappa shape index (κ2) is 8.44. The van der Waals surface area contributed by atoms with Crippen LogP contribution in [0.4, 0.5) is 18.0 Å². The number of benzene rings is 1. The minimum Gasteiger partial charge on any atom is -0.323 e. The summed E-state index contributed by atoms with van der Waals surface area (Å²) in [5.41, 5.74) is -0.828. The first kappa shape index (κ1) is 25.3. The molecule has 5 fully saturated rings. The van der Waals surface area contributed by atoms with Gasteiger partial charge in [-0.05, 0) is 69.6 Å². The molecule has 2 aliphatic heterocycles. The number of sulfone groups is 1. The third-order valence-corrected chi connectivity index (χ3v) is 12.0. The molecule has 0 atom stereocenters. The summed E-state index contributed by atoms with van der Waals surface area (Å²) in [6, 6.07) is 4.09. The SMILES string of the molecule is O=C(N1CC2(CCC(S(=O)(=O)c3cccc(C(F)(F)F)c3)CC2)C1)N1CC2(CC(c3nc(C4CC4)n[nH]3)C2)C1. The summed E-state index contributed by atoms with van der Waals surface area (Å²) in [4.78, 5) is 21.3. The number of hydrogen-bond donors (Lipinski definition) is 1. The maximum absolute atomic E-state index is 13.1. The topological polar surface area (TPSA) is 99.3 Å². The molecule has 2 spiro atoms. The van der Waals surface area contributed by atoms with Crippen molar-refractivity contribution in [2.24, 2.45) is 10.8 Å². The van der Waals surface area contributed by atoms with Crippen LogP contribution < -0.4 is 0 Å². The molecular formula is C27H32F3N5O3S. The molecule has 12 heteroatoms. The molecule has 0 bridgehead atoms. The first-order chi connectivity index (χ1) is 18.5. The number of rotatable bonds is 4. The van der Waals surface area contributed by atoms with Crippen LogP contribution in [0.5, 0.6) is 0 Å². The molecule has 3 aliphatic carbocycles. The normalized spacial score (nSPS) is 24.9. The Hall–Kier alpha value is -2.63. The Morgan fingerprint density at radius 1 is 0.949 bits per heavy atom. The molecule has 1 N–H and O–H groups in total. The fourth-order valence-corrected chi connectivity index (χ4v) is 9.10. The van der Waals surface area contributed by atoms with Gasteiger partial charge in [-0.25, -0.2) is 18.2 Å². The minimum absolute atomic E-state index is 0.0593. The number of H-pyrrole nitrogens is 1. The first-order valence-electron chi connectivity index (χ1n) is 13.8. The molecule has 39 heavy (non-hydrogen) atoms. The van der Waals surface area contributed by atoms with E-state index in [1.54, 1.807) is 0 Å². The van der Waals surface area contributed by atoms with Gasteiger partial charge in [-0.1, -0.05) is 6.07 Å². The highest BCUT2D eigenvalue weighted by molar-refractivity contribution is 7.92. The van der Waals surface area contributed by atoms with Crippen molar-refractivity contribution >= 4 is 15.9 Å². The second-order valence-corrected chi connectivity index (χ2v) is 15.0. The van der Waals surface area contributed by atoms with Crippen LogP contribution in [0.25, 0.3) is 0 Å². The molecule has 210 valence electrons. The fraction of sp³-hybridized carbons (Fsp3) is 0.667. The van der Waals surface area contributed by atoms with Crippen LogP contribution in [-0.2, 0) is 16.0 Å². The summed E-state index contributed by atoms with van der Waals surface area (Å²) in [6.07, 6.45) is 1.95. The number of amides is 2. The van der Waals surface area contributed by atoms with Crippen LogP contribution in [0.3, 0.4) is 0 Å². The Labute approximate surface area is 225 Å². The van der Waals surface area contributed by atoms with Crippen molar-refractivity contribution in [2.75, 3.05) is 26.2 Å². The molecule has 5 aliphatic rings. The Morgan fingerprint density at radius 3 is 2.21 bits per heavy atom. The van der Waals surface area contributed by atoms with Crippen molar-refractivity contribution in [3.63, 3.8) is 0 Å². The number of alkyl halides is 3. The summed E-state index contributed by atoms with van der Waals surface area (Å²) < 4.78 is 65.4. The smallest absolute Gasteiger partial charge is 0.323 e. The average Bonchev–Trinajstić information content (AvgIpc) is 3.57. The third kappa shape index (κ3) is 4.33. The van der Waals surface area contributed by atoms with Crippen molar-refractivity contribution in [1.29, 1.82) is 0 Å². The van der Waals surface area contributed by atoms with Crippen molar-refractivity contribution < 1.29 is 26.4 Å². The van der Waals surface area contributed by atoms with E-state index >= 15 is 0 Å².